The third-order valence-electron chi connectivity index (χ3n) is 2.74. The lowest BCUT2D eigenvalue weighted by Gasteiger charge is -2.13. The van der Waals surface area contributed by atoms with Gasteiger partial charge in [0.15, 0.2) is 5.69 Å². The molecule has 22 heavy (non-hydrogen) atoms. The molecule has 1 aromatic carbocycles. The number of alkyl halides is 3. The number of benzene rings is 1. The number of rotatable bonds is 2. The summed E-state index contributed by atoms with van der Waals surface area (Å²) in [6.45, 7) is 0. The lowest BCUT2D eigenvalue weighted by molar-refractivity contribution is -0.137. The van der Waals surface area contributed by atoms with E-state index < -0.39 is 11.7 Å². The van der Waals surface area contributed by atoms with Crippen LogP contribution in [0.25, 0.3) is 5.69 Å². The molecule has 2 N–H and O–H groups in total. The van der Waals surface area contributed by atoms with Crippen LogP contribution >= 0.6 is 39.3 Å². The topological polar surface area (TPSA) is 67.6 Å². The van der Waals surface area contributed by atoms with Crippen LogP contribution in [0.2, 0.25) is 5.02 Å². The first-order valence-electron chi connectivity index (χ1n) is 5.60. The van der Waals surface area contributed by atoms with E-state index in [1.165, 1.54) is 11.8 Å². The molecule has 0 saturated heterocycles. The first-order valence-corrected chi connectivity index (χ1v) is 7.99. The third-order valence-corrected chi connectivity index (χ3v) is 4.45. The lowest BCUT2D eigenvalue weighted by atomic mass is 10.2. The molecule has 0 atom stereocenters. The number of hydrogen-bond donors (Lipinski definition) is 1. The van der Waals surface area contributed by atoms with Gasteiger partial charge < -0.3 is 5.73 Å². The Morgan fingerprint density at radius 1 is 1.45 bits per heavy atom. The highest BCUT2D eigenvalue weighted by atomic mass is 79.9. The molecule has 0 amide bonds. The monoisotopic (exact) mass is 410 g/mol. The van der Waals surface area contributed by atoms with E-state index in [0.29, 0.717) is 4.90 Å². The van der Waals surface area contributed by atoms with Gasteiger partial charge in [0.05, 0.1) is 21.2 Å². The average molecular weight is 412 g/mol. The van der Waals surface area contributed by atoms with Crippen molar-refractivity contribution in [2.75, 3.05) is 12.0 Å². The number of hydrogen-bond acceptors (Lipinski definition) is 4. The molecule has 0 aliphatic heterocycles. The second kappa shape index (κ2) is 6.02. The third kappa shape index (κ3) is 2.91. The van der Waals surface area contributed by atoms with E-state index in [1.54, 1.807) is 6.26 Å². The molecule has 0 spiro atoms. The van der Waals surface area contributed by atoms with Crippen molar-refractivity contribution in [2.45, 2.75) is 11.1 Å². The van der Waals surface area contributed by atoms with Gasteiger partial charge in [0.2, 0.25) is 0 Å². The van der Waals surface area contributed by atoms with E-state index in [2.05, 4.69) is 21.0 Å². The van der Waals surface area contributed by atoms with Crippen molar-refractivity contribution in [3.8, 4) is 11.8 Å². The van der Waals surface area contributed by atoms with Crippen LogP contribution in [0.15, 0.2) is 21.5 Å². The Labute approximate surface area is 141 Å². The van der Waals surface area contributed by atoms with Gasteiger partial charge >= 0.3 is 6.18 Å². The molecule has 10 heteroatoms. The zero-order valence-electron chi connectivity index (χ0n) is 10.9. The van der Waals surface area contributed by atoms with Gasteiger partial charge in [-0.15, -0.1) is 11.8 Å². The Morgan fingerprint density at radius 2 is 2.09 bits per heavy atom. The van der Waals surface area contributed by atoms with Crippen LogP contribution in [0, 0.1) is 11.3 Å². The van der Waals surface area contributed by atoms with Crippen LogP contribution in [-0.2, 0) is 6.18 Å². The smallest absolute Gasteiger partial charge is 0.383 e. The Balaban J connectivity index is 2.70. The summed E-state index contributed by atoms with van der Waals surface area (Å²) in [4.78, 5) is 0.436. The minimum absolute atomic E-state index is 0.0682. The fraction of sp³-hybridized carbons (Fsp3) is 0.167. The summed E-state index contributed by atoms with van der Waals surface area (Å²) in [6, 6.07) is 3.55. The van der Waals surface area contributed by atoms with Gasteiger partial charge in [0.25, 0.3) is 0 Å². The zero-order chi connectivity index (χ0) is 16.7. The summed E-state index contributed by atoms with van der Waals surface area (Å²) < 4.78 is 39.5. The molecule has 1 heterocycles. The van der Waals surface area contributed by atoms with E-state index in [4.69, 9.17) is 22.6 Å². The number of nitrogen functional groups attached to an aromatic ring is 1. The van der Waals surface area contributed by atoms with E-state index in [0.717, 1.165) is 16.8 Å². The molecule has 0 bridgehead atoms. The van der Waals surface area contributed by atoms with Gasteiger partial charge in [-0.05, 0) is 34.3 Å². The molecular weight excluding hydrogens is 405 g/mol. The van der Waals surface area contributed by atoms with E-state index in [9.17, 15) is 13.2 Å². The van der Waals surface area contributed by atoms with Crippen LogP contribution in [0.1, 0.15) is 11.3 Å². The molecule has 0 aliphatic carbocycles. The van der Waals surface area contributed by atoms with Crippen LogP contribution < -0.4 is 5.73 Å². The van der Waals surface area contributed by atoms with Gasteiger partial charge in [0, 0.05) is 4.47 Å². The SMILES string of the molecule is CSc1c(C#N)nn(-c2c(Cl)cc(C(F)(F)F)cc2Br)c1N. The van der Waals surface area contributed by atoms with Gasteiger partial charge in [0.1, 0.15) is 11.9 Å². The first-order chi connectivity index (χ1) is 10.2. The van der Waals surface area contributed by atoms with E-state index in [-0.39, 0.29) is 26.7 Å². The molecule has 0 saturated carbocycles. The van der Waals surface area contributed by atoms with Crippen molar-refractivity contribution in [2.24, 2.45) is 0 Å². The average Bonchev–Trinajstić information content (AvgIpc) is 2.73. The Kier molecular flexibility index (Phi) is 4.65. The predicted octanol–water partition coefficient (Wildman–Crippen LogP) is 4.48. The van der Waals surface area contributed by atoms with Crippen molar-refractivity contribution in [1.82, 2.24) is 9.78 Å². The number of thioether (sulfide) groups is 1. The maximum Gasteiger partial charge on any atom is 0.416 e. The predicted molar refractivity (Wildman–Crippen MR) is 82.2 cm³/mol. The van der Waals surface area contributed by atoms with Gasteiger partial charge in [-0.2, -0.15) is 23.5 Å². The molecule has 4 nitrogen and oxygen atoms in total. The fourth-order valence-corrected chi connectivity index (χ4v) is 3.41. The Bertz CT molecular complexity index is 759. The van der Waals surface area contributed by atoms with E-state index >= 15 is 0 Å². The lowest BCUT2D eigenvalue weighted by Crippen LogP contribution is -2.08. The van der Waals surface area contributed by atoms with Crippen molar-refractivity contribution in [3.05, 3.63) is 32.9 Å². The second-order valence-electron chi connectivity index (χ2n) is 4.08. The number of anilines is 1. The highest BCUT2D eigenvalue weighted by Gasteiger charge is 2.32. The van der Waals surface area contributed by atoms with Crippen LogP contribution in [0.3, 0.4) is 0 Å². The Hall–Kier alpha value is -1.37. The highest BCUT2D eigenvalue weighted by molar-refractivity contribution is 9.10. The second-order valence-corrected chi connectivity index (χ2v) is 6.15. The van der Waals surface area contributed by atoms with Crippen molar-refractivity contribution >= 4 is 45.1 Å². The van der Waals surface area contributed by atoms with Crippen LogP contribution in [0.4, 0.5) is 19.0 Å². The number of nitrogens with zero attached hydrogens (tertiary/aromatic N) is 3. The molecule has 116 valence electrons. The van der Waals surface area contributed by atoms with Crippen molar-refractivity contribution in [1.29, 1.82) is 5.26 Å². The largest absolute Gasteiger partial charge is 0.416 e. The number of nitriles is 1. The minimum atomic E-state index is -4.53. The fourth-order valence-electron chi connectivity index (χ4n) is 1.79. The van der Waals surface area contributed by atoms with Gasteiger partial charge in [-0.25, -0.2) is 4.68 Å². The van der Waals surface area contributed by atoms with E-state index in [1.807, 2.05) is 6.07 Å². The molecule has 0 fully saturated rings. The first kappa shape index (κ1) is 17.0. The summed E-state index contributed by atoms with van der Waals surface area (Å²) in [5, 5.41) is 12.8. The maximum atomic E-state index is 12.8. The molecular formula is C12H7BrClF3N4S. The summed E-state index contributed by atoms with van der Waals surface area (Å²) in [5.74, 6) is 0.131. The van der Waals surface area contributed by atoms with Crippen molar-refractivity contribution < 1.29 is 13.2 Å². The number of aromatic nitrogens is 2. The van der Waals surface area contributed by atoms with Gasteiger partial charge in [-0.1, -0.05) is 11.6 Å². The molecule has 1 aromatic heterocycles. The minimum Gasteiger partial charge on any atom is -0.383 e. The molecule has 2 aromatic rings. The summed E-state index contributed by atoms with van der Waals surface area (Å²) in [6.07, 6.45) is -2.81. The molecule has 2 rings (SSSR count). The summed E-state index contributed by atoms with van der Waals surface area (Å²) >= 11 is 10.2. The Morgan fingerprint density at radius 3 is 2.50 bits per heavy atom. The molecule has 0 unspecified atom stereocenters. The molecule has 0 radical (unpaired) electrons. The zero-order valence-corrected chi connectivity index (χ0v) is 14.0. The van der Waals surface area contributed by atoms with Crippen LogP contribution in [0.5, 0.6) is 0 Å². The van der Waals surface area contributed by atoms with Gasteiger partial charge in [-0.3, -0.25) is 0 Å². The molecule has 0 aliphatic rings. The number of halogens is 5. The standard InChI is InChI=1S/C12H7BrClF3N4S/c1-22-10-8(4-18)20-21(11(10)19)9-6(13)2-5(3-7(9)14)12(15,16)17/h2-3H,19H2,1H3. The normalized spacial score (nSPS) is 11.5. The van der Waals surface area contributed by atoms with Crippen LogP contribution in [-0.4, -0.2) is 16.0 Å². The highest BCUT2D eigenvalue weighted by Crippen LogP contribution is 2.39. The number of nitrogens with two attached hydrogens (primary N) is 1. The van der Waals surface area contributed by atoms with Crippen molar-refractivity contribution in [3.63, 3.8) is 0 Å². The summed E-state index contributed by atoms with van der Waals surface area (Å²) in [7, 11) is 0. The maximum absolute atomic E-state index is 12.8. The summed E-state index contributed by atoms with van der Waals surface area (Å²) in [5.41, 5.74) is 5.23. The quantitative estimate of drug-likeness (QED) is 0.740.